The first-order valence-corrected chi connectivity index (χ1v) is 13.2. The van der Waals surface area contributed by atoms with Crippen LogP contribution in [0.3, 0.4) is 0 Å². The molecular weight excluding hydrogens is 456 g/mol. The smallest absolute Gasteiger partial charge is 0.220 e. The van der Waals surface area contributed by atoms with Crippen molar-refractivity contribution in [1.29, 1.82) is 0 Å². The molecule has 1 aliphatic rings. The fraction of sp³-hybridized carbons (Fsp3) is 0.517. The first-order valence-electron chi connectivity index (χ1n) is 12.7. The van der Waals surface area contributed by atoms with Gasteiger partial charge in [0.25, 0.3) is 0 Å². The van der Waals surface area contributed by atoms with Gasteiger partial charge in [0.15, 0.2) is 0 Å². The highest BCUT2D eigenvalue weighted by molar-refractivity contribution is 6.18. The molecule has 194 valence electrons. The van der Waals surface area contributed by atoms with E-state index in [1.54, 1.807) is 0 Å². The van der Waals surface area contributed by atoms with E-state index in [9.17, 15) is 4.79 Å². The maximum atomic E-state index is 12.2. The summed E-state index contributed by atoms with van der Waals surface area (Å²) in [5.74, 6) is 1.15. The van der Waals surface area contributed by atoms with Crippen LogP contribution in [0, 0.1) is 10.8 Å². The predicted octanol–water partition coefficient (Wildman–Crippen LogP) is 5.75. The van der Waals surface area contributed by atoms with Gasteiger partial charge in [0, 0.05) is 37.4 Å². The molecule has 0 aromatic heterocycles. The molecule has 0 fully saturated rings. The second kappa shape index (κ2) is 16.3. The third-order valence-corrected chi connectivity index (χ3v) is 6.79. The minimum Gasteiger partial charge on any atom is -0.387 e. The second-order valence-electron chi connectivity index (χ2n) is 9.18. The van der Waals surface area contributed by atoms with Crippen LogP contribution in [0.1, 0.15) is 59.8 Å². The summed E-state index contributed by atoms with van der Waals surface area (Å²) >= 11 is 5.77. The molecule has 1 amide bonds. The standard InChI is InChI=1S/C29H45ClN4O/c1-5-14-25(24(6-2)16-12-20-30)15-8-7-9-17-26(35)33-21-13-22-34-27(32)29(4)19-11-10-18-28(29,3)23-31/h6,8,10-12,14-16,18-19H,5,7,9,13,17,20-23,31H2,1-4H3,(H2,32,34)(H,33,35)/b15-8-,16-12-,24-6+,25-14+. The average molecular weight is 501 g/mol. The molecule has 6 heteroatoms. The highest BCUT2D eigenvalue weighted by atomic mass is 35.5. The highest BCUT2D eigenvalue weighted by Crippen LogP contribution is 2.43. The normalized spacial score (nSPS) is 23.5. The maximum absolute atomic E-state index is 12.2. The minimum absolute atomic E-state index is 0.0712. The van der Waals surface area contributed by atoms with Crippen LogP contribution in [0.25, 0.3) is 0 Å². The molecule has 0 heterocycles. The summed E-state index contributed by atoms with van der Waals surface area (Å²) < 4.78 is 0. The summed E-state index contributed by atoms with van der Waals surface area (Å²) in [4.78, 5) is 16.8. The third kappa shape index (κ3) is 9.65. The van der Waals surface area contributed by atoms with Crippen molar-refractivity contribution in [3.63, 3.8) is 0 Å². The lowest BCUT2D eigenvalue weighted by Crippen LogP contribution is -2.50. The Bertz CT molecular complexity index is 881. The van der Waals surface area contributed by atoms with Crippen LogP contribution in [0.4, 0.5) is 0 Å². The molecule has 1 rings (SSSR count). The Morgan fingerprint density at radius 2 is 1.83 bits per heavy atom. The van der Waals surface area contributed by atoms with Gasteiger partial charge in [-0.3, -0.25) is 9.79 Å². The molecular formula is C29H45ClN4O. The van der Waals surface area contributed by atoms with Crippen molar-refractivity contribution < 1.29 is 4.79 Å². The number of nitrogens with two attached hydrogens (primary N) is 2. The predicted molar refractivity (Wildman–Crippen MR) is 153 cm³/mol. The summed E-state index contributed by atoms with van der Waals surface area (Å²) in [7, 11) is 0. The molecule has 2 atom stereocenters. The maximum Gasteiger partial charge on any atom is 0.220 e. The van der Waals surface area contributed by atoms with Crippen molar-refractivity contribution in [2.24, 2.45) is 27.3 Å². The number of allylic oxidation sites excluding steroid dienone is 10. The molecule has 0 saturated heterocycles. The number of amides is 1. The van der Waals surface area contributed by atoms with Crippen molar-refractivity contribution in [2.75, 3.05) is 25.5 Å². The first-order chi connectivity index (χ1) is 16.8. The van der Waals surface area contributed by atoms with Crippen molar-refractivity contribution in [3.05, 3.63) is 71.9 Å². The lowest BCUT2D eigenvalue weighted by molar-refractivity contribution is -0.121. The molecule has 0 aromatic carbocycles. The molecule has 0 radical (unpaired) electrons. The fourth-order valence-electron chi connectivity index (χ4n) is 3.92. The number of rotatable bonds is 15. The van der Waals surface area contributed by atoms with E-state index < -0.39 is 5.41 Å². The van der Waals surface area contributed by atoms with Crippen LogP contribution in [0.5, 0.6) is 0 Å². The number of hydrogen-bond donors (Lipinski definition) is 3. The van der Waals surface area contributed by atoms with Crippen LogP contribution in [0.2, 0.25) is 0 Å². The zero-order valence-electron chi connectivity index (χ0n) is 22.0. The number of nitrogens with one attached hydrogen (secondary N) is 1. The Morgan fingerprint density at radius 3 is 2.49 bits per heavy atom. The number of carbonyl (C=O) groups is 1. The molecule has 5 nitrogen and oxygen atoms in total. The largest absolute Gasteiger partial charge is 0.387 e. The average Bonchev–Trinajstić information content (AvgIpc) is 2.85. The number of unbranched alkanes of at least 4 members (excludes halogenated alkanes) is 1. The van der Waals surface area contributed by atoms with Crippen LogP contribution in [-0.2, 0) is 4.79 Å². The van der Waals surface area contributed by atoms with Gasteiger partial charge in [-0.05, 0) is 50.7 Å². The number of carbonyl (C=O) groups excluding carboxylic acids is 1. The Hall–Kier alpha value is -2.37. The van der Waals surface area contributed by atoms with Gasteiger partial charge in [-0.25, -0.2) is 0 Å². The van der Waals surface area contributed by atoms with Crippen LogP contribution in [0.15, 0.2) is 76.9 Å². The van der Waals surface area contributed by atoms with E-state index in [4.69, 9.17) is 23.1 Å². The lowest BCUT2D eigenvalue weighted by Gasteiger charge is -2.43. The summed E-state index contributed by atoms with van der Waals surface area (Å²) in [5, 5.41) is 2.98. The van der Waals surface area contributed by atoms with Crippen LogP contribution < -0.4 is 16.8 Å². The van der Waals surface area contributed by atoms with Gasteiger partial charge in [-0.2, -0.15) is 0 Å². The number of amidine groups is 1. The highest BCUT2D eigenvalue weighted by Gasteiger charge is 2.44. The van der Waals surface area contributed by atoms with Gasteiger partial charge in [-0.15, -0.1) is 11.6 Å². The van der Waals surface area contributed by atoms with Crippen LogP contribution >= 0.6 is 11.6 Å². The molecule has 5 N–H and O–H groups in total. The van der Waals surface area contributed by atoms with E-state index in [1.807, 2.05) is 31.2 Å². The Labute approximate surface area is 217 Å². The Kier molecular flexibility index (Phi) is 14.3. The summed E-state index contributed by atoms with van der Waals surface area (Å²) in [6, 6.07) is 0. The van der Waals surface area contributed by atoms with E-state index in [0.29, 0.717) is 37.8 Å². The zero-order chi connectivity index (χ0) is 26.2. The molecule has 2 unspecified atom stereocenters. The molecule has 1 aliphatic carbocycles. The van der Waals surface area contributed by atoms with Gasteiger partial charge < -0.3 is 16.8 Å². The monoisotopic (exact) mass is 500 g/mol. The van der Waals surface area contributed by atoms with Crippen molar-refractivity contribution in [3.8, 4) is 0 Å². The Balaban J connectivity index is 2.39. The molecule has 0 saturated carbocycles. The summed E-state index contributed by atoms with van der Waals surface area (Å²) in [6.07, 6.45) is 24.6. The minimum atomic E-state index is -0.409. The fourth-order valence-corrected chi connectivity index (χ4v) is 4.01. The molecule has 0 spiro atoms. The molecule has 0 aromatic rings. The number of nitrogens with zero attached hydrogens (tertiary/aromatic N) is 1. The van der Waals surface area contributed by atoms with E-state index in [1.165, 1.54) is 5.57 Å². The van der Waals surface area contributed by atoms with E-state index in [0.717, 1.165) is 31.3 Å². The van der Waals surface area contributed by atoms with Gasteiger partial charge >= 0.3 is 0 Å². The second-order valence-corrected chi connectivity index (χ2v) is 9.48. The number of alkyl halides is 1. The molecule has 35 heavy (non-hydrogen) atoms. The summed E-state index contributed by atoms with van der Waals surface area (Å²) in [6.45, 7) is 9.97. The van der Waals surface area contributed by atoms with Crippen LogP contribution in [-0.4, -0.2) is 37.3 Å². The van der Waals surface area contributed by atoms with E-state index in [-0.39, 0.29) is 11.3 Å². The molecule has 0 bridgehead atoms. The number of halogens is 1. The van der Waals surface area contributed by atoms with Gasteiger partial charge in [0.1, 0.15) is 5.84 Å². The van der Waals surface area contributed by atoms with E-state index in [2.05, 4.69) is 67.5 Å². The first kappa shape index (κ1) is 30.7. The molecule has 0 aliphatic heterocycles. The Morgan fingerprint density at radius 1 is 1.11 bits per heavy atom. The summed E-state index contributed by atoms with van der Waals surface area (Å²) in [5.41, 5.74) is 14.0. The van der Waals surface area contributed by atoms with Crippen molar-refractivity contribution in [2.45, 2.75) is 59.8 Å². The topological polar surface area (TPSA) is 93.5 Å². The third-order valence-electron chi connectivity index (χ3n) is 6.61. The number of hydrogen-bond acceptors (Lipinski definition) is 3. The van der Waals surface area contributed by atoms with Crippen molar-refractivity contribution in [1.82, 2.24) is 5.32 Å². The van der Waals surface area contributed by atoms with Gasteiger partial charge in [0.05, 0.1) is 5.41 Å². The van der Waals surface area contributed by atoms with Gasteiger partial charge in [-0.1, -0.05) is 74.6 Å². The van der Waals surface area contributed by atoms with E-state index >= 15 is 0 Å². The lowest BCUT2D eigenvalue weighted by atomic mass is 9.62. The zero-order valence-corrected chi connectivity index (χ0v) is 22.8. The van der Waals surface area contributed by atoms with Crippen molar-refractivity contribution >= 4 is 23.3 Å². The number of aliphatic imine (C=N–C) groups is 1. The van der Waals surface area contributed by atoms with Gasteiger partial charge in [0.2, 0.25) is 5.91 Å². The quantitative estimate of drug-likeness (QED) is 0.0878. The SMILES string of the molecule is C/C=C(\C=C/CCl)C(/C=C\CCCC(=O)NCCCN=C(N)C1(C)C=CC=CC1(C)CN)=C/CC.